The second kappa shape index (κ2) is 8.00. The molecule has 0 aliphatic carbocycles. The molecule has 4 aromatic rings. The summed E-state index contributed by atoms with van der Waals surface area (Å²) in [5.41, 5.74) is 4.92. The van der Waals surface area contributed by atoms with Gasteiger partial charge in [-0.1, -0.05) is 30.3 Å². The molecule has 1 amide bonds. The van der Waals surface area contributed by atoms with E-state index in [-0.39, 0.29) is 11.7 Å². The van der Waals surface area contributed by atoms with Crippen LogP contribution in [0.4, 0.5) is 9.52 Å². The van der Waals surface area contributed by atoms with Gasteiger partial charge < -0.3 is 0 Å². The van der Waals surface area contributed by atoms with Crippen molar-refractivity contribution in [3.8, 4) is 11.3 Å². The Morgan fingerprint density at radius 1 is 1.07 bits per heavy atom. The standard InChI is InChI=1S/C21H16FN3OS2/c1-14-19(28-13-23-14)20(26)25(11-15-5-3-2-4-6-15)21-24-18(12-27-21)16-7-9-17(22)10-8-16/h2-10,12-13H,11H2,1H3. The Morgan fingerprint density at radius 3 is 2.50 bits per heavy atom. The van der Waals surface area contributed by atoms with E-state index in [0.717, 1.165) is 11.1 Å². The fraction of sp³-hybridized carbons (Fsp3) is 0.0952. The van der Waals surface area contributed by atoms with Crippen molar-refractivity contribution in [1.29, 1.82) is 0 Å². The molecule has 0 N–H and O–H groups in total. The molecule has 2 aromatic heterocycles. The summed E-state index contributed by atoms with van der Waals surface area (Å²) in [4.78, 5) is 24.4. The van der Waals surface area contributed by atoms with E-state index in [2.05, 4.69) is 9.97 Å². The van der Waals surface area contributed by atoms with Crippen LogP contribution in [0.15, 0.2) is 65.5 Å². The van der Waals surface area contributed by atoms with Crippen molar-refractivity contribution >= 4 is 33.7 Å². The van der Waals surface area contributed by atoms with Gasteiger partial charge in [0, 0.05) is 10.9 Å². The summed E-state index contributed by atoms with van der Waals surface area (Å²) in [6.45, 7) is 2.24. The van der Waals surface area contributed by atoms with Crippen molar-refractivity contribution < 1.29 is 9.18 Å². The Bertz CT molecular complexity index is 1090. The van der Waals surface area contributed by atoms with E-state index in [4.69, 9.17) is 0 Å². The van der Waals surface area contributed by atoms with Crippen molar-refractivity contribution in [3.05, 3.63) is 87.4 Å². The quantitative estimate of drug-likeness (QED) is 0.433. The lowest BCUT2D eigenvalue weighted by atomic mass is 10.2. The summed E-state index contributed by atoms with van der Waals surface area (Å²) in [5, 5.41) is 2.48. The van der Waals surface area contributed by atoms with Crippen LogP contribution in [-0.2, 0) is 6.54 Å². The van der Waals surface area contributed by atoms with Crippen LogP contribution >= 0.6 is 22.7 Å². The molecule has 0 atom stereocenters. The molecule has 0 saturated carbocycles. The summed E-state index contributed by atoms with van der Waals surface area (Å²) < 4.78 is 13.2. The van der Waals surface area contributed by atoms with Crippen LogP contribution in [-0.4, -0.2) is 15.9 Å². The fourth-order valence-electron chi connectivity index (χ4n) is 2.76. The topological polar surface area (TPSA) is 46.1 Å². The number of amides is 1. The lowest BCUT2D eigenvalue weighted by Crippen LogP contribution is -2.30. The molecular weight excluding hydrogens is 393 g/mol. The van der Waals surface area contributed by atoms with E-state index in [1.54, 1.807) is 22.5 Å². The molecule has 4 rings (SSSR count). The normalized spacial score (nSPS) is 10.8. The fourth-order valence-corrected chi connectivity index (χ4v) is 4.35. The third-order valence-electron chi connectivity index (χ3n) is 4.23. The summed E-state index contributed by atoms with van der Waals surface area (Å²) in [6, 6.07) is 16.0. The lowest BCUT2D eigenvalue weighted by molar-refractivity contribution is 0.0988. The molecule has 0 unspecified atom stereocenters. The molecule has 0 spiro atoms. The third kappa shape index (κ3) is 3.85. The largest absolute Gasteiger partial charge is 0.279 e. The number of thiazole rings is 2. The first-order valence-electron chi connectivity index (χ1n) is 8.59. The molecule has 28 heavy (non-hydrogen) atoms. The minimum atomic E-state index is -0.291. The highest BCUT2D eigenvalue weighted by Crippen LogP contribution is 2.30. The first-order chi connectivity index (χ1) is 13.6. The highest BCUT2D eigenvalue weighted by Gasteiger charge is 2.24. The number of anilines is 1. The predicted molar refractivity (Wildman–Crippen MR) is 111 cm³/mol. The zero-order valence-corrected chi connectivity index (χ0v) is 16.6. The van der Waals surface area contributed by atoms with Crippen LogP contribution in [0.1, 0.15) is 20.9 Å². The predicted octanol–water partition coefficient (Wildman–Crippen LogP) is 5.56. The Balaban J connectivity index is 1.70. The van der Waals surface area contributed by atoms with Gasteiger partial charge >= 0.3 is 0 Å². The van der Waals surface area contributed by atoms with Gasteiger partial charge in [0.05, 0.1) is 23.4 Å². The van der Waals surface area contributed by atoms with Gasteiger partial charge in [-0.15, -0.1) is 22.7 Å². The summed E-state index contributed by atoms with van der Waals surface area (Å²) in [7, 11) is 0. The summed E-state index contributed by atoms with van der Waals surface area (Å²) >= 11 is 2.72. The van der Waals surface area contributed by atoms with Crippen LogP contribution in [0.25, 0.3) is 11.3 Å². The summed E-state index contributed by atoms with van der Waals surface area (Å²) in [6.07, 6.45) is 0. The Hall–Kier alpha value is -2.90. The molecule has 0 saturated heterocycles. The second-order valence-corrected chi connectivity index (χ2v) is 7.86. The highest BCUT2D eigenvalue weighted by atomic mass is 32.1. The molecule has 7 heteroatoms. The molecule has 0 fully saturated rings. The zero-order chi connectivity index (χ0) is 19.5. The number of hydrogen-bond acceptors (Lipinski definition) is 5. The van der Waals surface area contributed by atoms with Gasteiger partial charge in [-0.3, -0.25) is 9.69 Å². The zero-order valence-electron chi connectivity index (χ0n) is 15.0. The number of nitrogens with zero attached hydrogens (tertiary/aromatic N) is 3. The van der Waals surface area contributed by atoms with Gasteiger partial charge in [0.25, 0.3) is 5.91 Å². The molecule has 2 heterocycles. The van der Waals surface area contributed by atoms with E-state index >= 15 is 0 Å². The van der Waals surface area contributed by atoms with Crippen LogP contribution in [0.2, 0.25) is 0 Å². The van der Waals surface area contributed by atoms with Gasteiger partial charge in [0.15, 0.2) is 5.13 Å². The van der Waals surface area contributed by atoms with Gasteiger partial charge in [0.1, 0.15) is 10.7 Å². The van der Waals surface area contributed by atoms with Crippen LogP contribution < -0.4 is 4.90 Å². The monoisotopic (exact) mass is 409 g/mol. The van der Waals surface area contributed by atoms with Crippen molar-refractivity contribution in [2.24, 2.45) is 0 Å². The number of carbonyl (C=O) groups is 1. The Morgan fingerprint density at radius 2 is 1.82 bits per heavy atom. The van der Waals surface area contributed by atoms with Crippen LogP contribution in [0.5, 0.6) is 0 Å². The van der Waals surface area contributed by atoms with E-state index < -0.39 is 0 Å². The minimum Gasteiger partial charge on any atom is -0.279 e. The number of rotatable bonds is 5. The maximum atomic E-state index is 13.2. The SMILES string of the molecule is Cc1ncsc1C(=O)N(Cc1ccccc1)c1nc(-c2ccc(F)cc2)cs1. The maximum Gasteiger partial charge on any atom is 0.272 e. The minimum absolute atomic E-state index is 0.121. The number of hydrogen-bond donors (Lipinski definition) is 0. The number of aromatic nitrogens is 2. The second-order valence-electron chi connectivity index (χ2n) is 6.17. The smallest absolute Gasteiger partial charge is 0.272 e. The van der Waals surface area contributed by atoms with E-state index in [1.165, 1.54) is 34.8 Å². The van der Waals surface area contributed by atoms with Crippen LogP contribution in [0.3, 0.4) is 0 Å². The third-order valence-corrected chi connectivity index (χ3v) is 6.01. The molecule has 0 aliphatic rings. The van der Waals surface area contributed by atoms with Gasteiger partial charge in [-0.2, -0.15) is 0 Å². The van der Waals surface area contributed by atoms with Crippen molar-refractivity contribution in [2.75, 3.05) is 4.90 Å². The average Bonchev–Trinajstić information content (AvgIpc) is 3.36. The van der Waals surface area contributed by atoms with Crippen molar-refractivity contribution in [3.63, 3.8) is 0 Å². The molecular formula is C21H16FN3OS2. The van der Waals surface area contributed by atoms with Crippen LogP contribution in [0, 0.1) is 12.7 Å². The van der Waals surface area contributed by atoms with E-state index in [1.807, 2.05) is 42.6 Å². The lowest BCUT2D eigenvalue weighted by Gasteiger charge is -2.19. The molecule has 0 aliphatic heterocycles. The highest BCUT2D eigenvalue weighted by molar-refractivity contribution is 7.14. The summed E-state index contributed by atoms with van der Waals surface area (Å²) in [5.74, 6) is -0.412. The molecule has 0 radical (unpaired) electrons. The molecule has 2 aromatic carbocycles. The first kappa shape index (κ1) is 18.5. The van der Waals surface area contributed by atoms with E-state index in [9.17, 15) is 9.18 Å². The average molecular weight is 410 g/mol. The number of benzene rings is 2. The Labute approximate surface area is 170 Å². The number of carbonyl (C=O) groups excluding carboxylic acids is 1. The molecule has 140 valence electrons. The van der Waals surface area contributed by atoms with Gasteiger partial charge in [0.2, 0.25) is 0 Å². The number of aryl methyl sites for hydroxylation is 1. The first-order valence-corrected chi connectivity index (χ1v) is 10.3. The van der Waals surface area contributed by atoms with Crippen molar-refractivity contribution in [1.82, 2.24) is 9.97 Å². The Kier molecular flexibility index (Phi) is 5.27. The van der Waals surface area contributed by atoms with Crippen molar-refractivity contribution in [2.45, 2.75) is 13.5 Å². The van der Waals surface area contributed by atoms with Gasteiger partial charge in [-0.25, -0.2) is 14.4 Å². The van der Waals surface area contributed by atoms with E-state index in [0.29, 0.717) is 27.9 Å². The van der Waals surface area contributed by atoms with Gasteiger partial charge in [-0.05, 0) is 36.8 Å². The molecule has 4 nitrogen and oxygen atoms in total. The number of halogens is 1. The maximum absolute atomic E-state index is 13.2. The molecule has 0 bridgehead atoms.